The molecule has 1 saturated heterocycles. The lowest BCUT2D eigenvalue weighted by molar-refractivity contribution is 0.122. The third-order valence-electron chi connectivity index (χ3n) is 2.93. The molecule has 3 rings (SSSR count). The molecule has 0 aromatic carbocycles. The van der Waals surface area contributed by atoms with E-state index in [4.69, 9.17) is 4.74 Å². The Morgan fingerprint density at radius 3 is 2.65 bits per heavy atom. The van der Waals surface area contributed by atoms with E-state index in [1.807, 2.05) is 13.8 Å². The van der Waals surface area contributed by atoms with Crippen molar-refractivity contribution in [2.45, 2.75) is 13.8 Å². The van der Waals surface area contributed by atoms with Crippen LogP contribution in [-0.2, 0) is 4.74 Å². The minimum atomic E-state index is 0.736. The van der Waals surface area contributed by atoms with Crippen LogP contribution in [0.3, 0.4) is 0 Å². The lowest BCUT2D eigenvalue weighted by Crippen LogP contribution is -2.37. The van der Waals surface area contributed by atoms with Gasteiger partial charge in [-0.15, -0.1) is 0 Å². The number of hydrogen-bond acceptors (Lipinski definition) is 5. The number of aromatic amines is 1. The number of fused-ring (bicyclic) bond motifs is 1. The van der Waals surface area contributed by atoms with E-state index in [0.717, 1.165) is 54.9 Å². The Morgan fingerprint density at radius 2 is 1.88 bits per heavy atom. The summed E-state index contributed by atoms with van der Waals surface area (Å²) < 4.78 is 5.32. The molecule has 0 unspecified atom stereocenters. The van der Waals surface area contributed by atoms with Crippen molar-refractivity contribution in [3.8, 4) is 0 Å². The van der Waals surface area contributed by atoms with Crippen molar-refractivity contribution in [2.24, 2.45) is 0 Å². The third-order valence-corrected chi connectivity index (χ3v) is 2.93. The van der Waals surface area contributed by atoms with Crippen molar-refractivity contribution in [2.75, 3.05) is 31.2 Å². The fourth-order valence-electron chi connectivity index (χ4n) is 2.04. The number of nitrogens with zero attached hydrogens (tertiary/aromatic N) is 4. The van der Waals surface area contributed by atoms with Crippen LogP contribution in [0, 0.1) is 13.8 Å². The lowest BCUT2D eigenvalue weighted by atomic mass is 10.4. The average molecular weight is 233 g/mol. The maximum absolute atomic E-state index is 5.32. The van der Waals surface area contributed by atoms with Gasteiger partial charge in [0.2, 0.25) is 5.95 Å². The normalized spacial score (nSPS) is 16.7. The van der Waals surface area contributed by atoms with Gasteiger partial charge in [0.05, 0.1) is 18.9 Å². The van der Waals surface area contributed by atoms with Gasteiger partial charge < -0.3 is 14.6 Å². The molecule has 0 spiro atoms. The second kappa shape index (κ2) is 3.96. The van der Waals surface area contributed by atoms with Crippen LogP contribution >= 0.6 is 0 Å². The molecule has 0 amide bonds. The monoisotopic (exact) mass is 233 g/mol. The number of anilines is 1. The standard InChI is InChI=1S/C11H15N5O/c1-7-9-10(14-8(2)13-9)15-11(12-7)16-3-5-17-6-4-16/h3-6H2,1-2H3,(H,12,13,14,15). The van der Waals surface area contributed by atoms with Gasteiger partial charge in [-0.2, -0.15) is 4.98 Å². The molecule has 1 aliphatic rings. The van der Waals surface area contributed by atoms with Crippen LogP contribution in [0.2, 0.25) is 0 Å². The van der Waals surface area contributed by atoms with Crippen LogP contribution in [0.1, 0.15) is 11.5 Å². The maximum Gasteiger partial charge on any atom is 0.227 e. The number of nitrogens with one attached hydrogen (secondary N) is 1. The quantitative estimate of drug-likeness (QED) is 0.789. The summed E-state index contributed by atoms with van der Waals surface area (Å²) in [7, 11) is 0. The summed E-state index contributed by atoms with van der Waals surface area (Å²) in [5, 5.41) is 0. The topological polar surface area (TPSA) is 66.9 Å². The van der Waals surface area contributed by atoms with Crippen LogP contribution in [0.5, 0.6) is 0 Å². The molecule has 0 aliphatic carbocycles. The van der Waals surface area contributed by atoms with Gasteiger partial charge in [-0.1, -0.05) is 0 Å². The Kier molecular flexibility index (Phi) is 2.44. The van der Waals surface area contributed by atoms with Gasteiger partial charge in [0.15, 0.2) is 5.65 Å². The van der Waals surface area contributed by atoms with Gasteiger partial charge in [-0.05, 0) is 13.8 Å². The largest absolute Gasteiger partial charge is 0.378 e. The van der Waals surface area contributed by atoms with Gasteiger partial charge in [0.1, 0.15) is 11.3 Å². The molecular formula is C11H15N5O. The van der Waals surface area contributed by atoms with E-state index < -0.39 is 0 Å². The summed E-state index contributed by atoms with van der Waals surface area (Å²) >= 11 is 0. The first-order valence-electron chi connectivity index (χ1n) is 5.78. The van der Waals surface area contributed by atoms with E-state index in [1.54, 1.807) is 0 Å². The molecule has 0 saturated carbocycles. The first-order valence-corrected chi connectivity index (χ1v) is 5.78. The summed E-state index contributed by atoms with van der Waals surface area (Å²) in [6.45, 7) is 7.06. The van der Waals surface area contributed by atoms with Crippen molar-refractivity contribution < 1.29 is 4.74 Å². The van der Waals surface area contributed by atoms with Gasteiger partial charge in [0.25, 0.3) is 0 Å². The molecule has 6 heteroatoms. The van der Waals surface area contributed by atoms with Crippen molar-refractivity contribution in [3.05, 3.63) is 11.5 Å². The predicted octanol–water partition coefficient (Wildman–Crippen LogP) is 0.806. The molecule has 0 atom stereocenters. The highest BCUT2D eigenvalue weighted by Gasteiger charge is 2.16. The smallest absolute Gasteiger partial charge is 0.227 e. The highest BCUT2D eigenvalue weighted by Crippen LogP contribution is 2.17. The summed E-state index contributed by atoms with van der Waals surface area (Å²) in [6.07, 6.45) is 0. The molecule has 0 bridgehead atoms. The molecule has 1 aliphatic heterocycles. The fraction of sp³-hybridized carbons (Fsp3) is 0.545. The number of ether oxygens (including phenoxy) is 1. The van der Waals surface area contributed by atoms with E-state index in [9.17, 15) is 0 Å². The maximum atomic E-state index is 5.32. The summed E-state index contributed by atoms with van der Waals surface area (Å²) in [5.41, 5.74) is 2.62. The zero-order valence-electron chi connectivity index (χ0n) is 10.0. The zero-order chi connectivity index (χ0) is 11.8. The third kappa shape index (κ3) is 1.84. The van der Waals surface area contributed by atoms with E-state index in [1.165, 1.54) is 0 Å². The summed E-state index contributed by atoms with van der Waals surface area (Å²) in [4.78, 5) is 18.7. The molecule has 17 heavy (non-hydrogen) atoms. The first-order chi connectivity index (χ1) is 8.24. The number of aromatic nitrogens is 4. The first kappa shape index (κ1) is 10.5. The molecule has 2 aromatic rings. The Balaban J connectivity index is 2.04. The van der Waals surface area contributed by atoms with Gasteiger partial charge in [0, 0.05) is 13.1 Å². The molecule has 6 nitrogen and oxygen atoms in total. The molecule has 0 radical (unpaired) electrons. The number of rotatable bonds is 1. The van der Waals surface area contributed by atoms with E-state index in [-0.39, 0.29) is 0 Å². The second-order valence-corrected chi connectivity index (χ2v) is 4.23. The van der Waals surface area contributed by atoms with E-state index in [2.05, 4.69) is 24.8 Å². The van der Waals surface area contributed by atoms with E-state index in [0.29, 0.717) is 0 Å². The Hall–Kier alpha value is -1.69. The highest BCUT2D eigenvalue weighted by atomic mass is 16.5. The Labute approximate surface area is 99.0 Å². The van der Waals surface area contributed by atoms with Crippen LogP contribution < -0.4 is 4.90 Å². The predicted molar refractivity (Wildman–Crippen MR) is 64.2 cm³/mol. The number of imidazole rings is 1. The number of hydrogen-bond donors (Lipinski definition) is 1. The van der Waals surface area contributed by atoms with Crippen LogP contribution in [0.4, 0.5) is 5.95 Å². The highest BCUT2D eigenvalue weighted by molar-refractivity contribution is 5.74. The molecule has 90 valence electrons. The minimum Gasteiger partial charge on any atom is -0.378 e. The van der Waals surface area contributed by atoms with E-state index >= 15 is 0 Å². The second-order valence-electron chi connectivity index (χ2n) is 4.23. The number of H-pyrrole nitrogens is 1. The summed E-state index contributed by atoms with van der Waals surface area (Å²) in [6, 6.07) is 0. The molecule has 3 heterocycles. The Bertz CT molecular complexity index is 544. The molecule has 1 N–H and O–H groups in total. The van der Waals surface area contributed by atoms with Crippen LogP contribution in [0.25, 0.3) is 11.2 Å². The van der Waals surface area contributed by atoms with Crippen molar-refractivity contribution in [1.82, 2.24) is 19.9 Å². The van der Waals surface area contributed by atoms with Gasteiger partial charge in [-0.25, -0.2) is 9.97 Å². The average Bonchev–Trinajstić information content (AvgIpc) is 2.71. The zero-order valence-corrected chi connectivity index (χ0v) is 10.0. The molecule has 2 aromatic heterocycles. The minimum absolute atomic E-state index is 0.736. The number of morpholine rings is 1. The SMILES string of the molecule is Cc1nc2nc(N3CCOCC3)nc(C)c2[nH]1. The van der Waals surface area contributed by atoms with Crippen LogP contribution in [0.15, 0.2) is 0 Å². The molecular weight excluding hydrogens is 218 g/mol. The van der Waals surface area contributed by atoms with Crippen LogP contribution in [-0.4, -0.2) is 46.2 Å². The van der Waals surface area contributed by atoms with Crippen molar-refractivity contribution in [3.63, 3.8) is 0 Å². The number of aryl methyl sites for hydroxylation is 2. The fourth-order valence-corrected chi connectivity index (χ4v) is 2.04. The van der Waals surface area contributed by atoms with Gasteiger partial charge in [-0.3, -0.25) is 0 Å². The summed E-state index contributed by atoms with van der Waals surface area (Å²) in [5.74, 6) is 1.63. The lowest BCUT2D eigenvalue weighted by Gasteiger charge is -2.26. The van der Waals surface area contributed by atoms with Gasteiger partial charge >= 0.3 is 0 Å². The van der Waals surface area contributed by atoms with Crippen molar-refractivity contribution in [1.29, 1.82) is 0 Å². The molecule has 1 fully saturated rings. The Morgan fingerprint density at radius 1 is 1.12 bits per heavy atom. The van der Waals surface area contributed by atoms with Crippen molar-refractivity contribution >= 4 is 17.1 Å².